The van der Waals surface area contributed by atoms with Crippen molar-refractivity contribution in [2.45, 2.75) is 31.9 Å². The van der Waals surface area contributed by atoms with Gasteiger partial charge in [-0.05, 0) is 38.1 Å². The largest absolute Gasteiger partial charge is 0.497 e. The average molecular weight is 479 g/mol. The maximum atomic E-state index is 13.1. The smallest absolute Gasteiger partial charge is 0.241 e. The van der Waals surface area contributed by atoms with Gasteiger partial charge >= 0.3 is 0 Å². The summed E-state index contributed by atoms with van der Waals surface area (Å²) in [5.74, 6) is 1.59. The highest BCUT2D eigenvalue weighted by Gasteiger charge is 2.35. The van der Waals surface area contributed by atoms with E-state index in [1.807, 2.05) is 19.9 Å². The molecule has 1 atom stereocenters. The highest BCUT2D eigenvalue weighted by atomic mass is 32.2. The van der Waals surface area contributed by atoms with Crippen LogP contribution in [-0.2, 0) is 14.8 Å². The summed E-state index contributed by atoms with van der Waals surface area (Å²) in [7, 11) is 0.707. The van der Waals surface area contributed by atoms with Crippen molar-refractivity contribution in [2.24, 2.45) is 0 Å². The first-order chi connectivity index (χ1) is 15.5. The van der Waals surface area contributed by atoms with Crippen LogP contribution in [0.4, 0.5) is 5.69 Å². The van der Waals surface area contributed by atoms with Gasteiger partial charge in [-0.1, -0.05) is 0 Å². The molecule has 9 nitrogen and oxygen atoms in total. The van der Waals surface area contributed by atoms with Gasteiger partial charge < -0.3 is 24.3 Å². The summed E-state index contributed by atoms with van der Waals surface area (Å²) in [6.45, 7) is 3.45. The van der Waals surface area contributed by atoms with Crippen molar-refractivity contribution < 1.29 is 32.2 Å². The predicted octanol–water partition coefficient (Wildman–Crippen LogP) is 2.90. The molecule has 1 N–H and O–H groups in total. The zero-order valence-electron chi connectivity index (χ0n) is 19.7. The number of benzene rings is 2. The number of rotatable bonds is 8. The Labute approximate surface area is 194 Å². The minimum Gasteiger partial charge on any atom is -0.497 e. The molecule has 0 radical (unpaired) electrons. The van der Waals surface area contributed by atoms with Gasteiger partial charge in [0.05, 0.1) is 39.3 Å². The van der Waals surface area contributed by atoms with Crippen LogP contribution < -0.4 is 28.6 Å². The molecule has 1 aliphatic rings. The molecular formula is C23H30N2O7S. The van der Waals surface area contributed by atoms with Gasteiger partial charge in [-0.25, -0.2) is 8.42 Å². The molecule has 0 fully saturated rings. The number of hydrogen-bond acceptors (Lipinski definition) is 7. The summed E-state index contributed by atoms with van der Waals surface area (Å²) in [6, 6.07) is 9.78. The summed E-state index contributed by atoms with van der Waals surface area (Å²) >= 11 is 0. The van der Waals surface area contributed by atoms with Crippen molar-refractivity contribution in [1.29, 1.82) is 0 Å². The summed E-state index contributed by atoms with van der Waals surface area (Å²) < 4.78 is 48.0. The Bertz CT molecular complexity index is 1130. The van der Waals surface area contributed by atoms with E-state index in [4.69, 9.17) is 18.9 Å². The fourth-order valence-electron chi connectivity index (χ4n) is 3.83. The first-order valence-corrected chi connectivity index (χ1v) is 12.2. The number of fused-ring (bicyclic) bond motifs is 1. The fourth-order valence-corrected chi connectivity index (χ4v) is 4.69. The Kier molecular flexibility index (Phi) is 6.97. The Hall–Kier alpha value is -3.14. The Morgan fingerprint density at radius 1 is 1.09 bits per heavy atom. The number of nitrogens with zero attached hydrogens (tertiary/aromatic N) is 1. The molecule has 1 heterocycles. The van der Waals surface area contributed by atoms with Gasteiger partial charge in [0.2, 0.25) is 15.9 Å². The molecule has 0 spiro atoms. The molecule has 3 rings (SSSR count). The minimum absolute atomic E-state index is 0.244. The van der Waals surface area contributed by atoms with Crippen molar-refractivity contribution in [3.8, 4) is 23.0 Å². The van der Waals surface area contributed by atoms with Gasteiger partial charge in [0.15, 0.2) is 0 Å². The van der Waals surface area contributed by atoms with Gasteiger partial charge in [-0.3, -0.25) is 9.10 Å². The Morgan fingerprint density at radius 3 is 2.33 bits per heavy atom. The van der Waals surface area contributed by atoms with Crippen LogP contribution in [-0.4, -0.2) is 54.1 Å². The highest BCUT2D eigenvalue weighted by Crippen LogP contribution is 2.41. The molecule has 0 aromatic heterocycles. The van der Waals surface area contributed by atoms with E-state index in [1.54, 1.807) is 37.4 Å². The van der Waals surface area contributed by atoms with Crippen LogP contribution in [0.1, 0.15) is 31.9 Å². The highest BCUT2D eigenvalue weighted by molar-refractivity contribution is 7.92. The summed E-state index contributed by atoms with van der Waals surface area (Å²) in [5.41, 5.74) is 0.511. The van der Waals surface area contributed by atoms with E-state index >= 15 is 0 Å². The SMILES string of the molecule is COc1ccc2c(c1)OC(C)(C)CC2NC(=O)CN(c1ccc(OC)cc1OC)S(C)(=O)=O. The third-order valence-corrected chi connectivity index (χ3v) is 6.48. The number of methoxy groups -OCH3 is 3. The van der Waals surface area contributed by atoms with Crippen molar-refractivity contribution in [1.82, 2.24) is 5.32 Å². The molecule has 0 bridgehead atoms. The first kappa shape index (κ1) is 24.5. The number of nitrogens with one attached hydrogen (secondary N) is 1. The van der Waals surface area contributed by atoms with Crippen LogP contribution in [0.5, 0.6) is 23.0 Å². The summed E-state index contributed by atoms with van der Waals surface area (Å²) in [5, 5.41) is 2.97. The number of carbonyl (C=O) groups excluding carboxylic acids is 1. The second-order valence-electron chi connectivity index (χ2n) is 8.40. The van der Waals surface area contributed by atoms with Gasteiger partial charge in [0.25, 0.3) is 0 Å². The van der Waals surface area contributed by atoms with Crippen LogP contribution in [0.15, 0.2) is 36.4 Å². The number of carbonyl (C=O) groups is 1. The number of hydrogen-bond donors (Lipinski definition) is 1. The molecule has 1 amide bonds. The van der Waals surface area contributed by atoms with Crippen LogP contribution in [0.2, 0.25) is 0 Å². The van der Waals surface area contributed by atoms with Crippen molar-refractivity contribution >= 4 is 21.6 Å². The van der Waals surface area contributed by atoms with Gasteiger partial charge in [0, 0.05) is 24.1 Å². The van der Waals surface area contributed by atoms with E-state index in [0.29, 0.717) is 23.7 Å². The molecule has 2 aromatic carbocycles. The van der Waals surface area contributed by atoms with Gasteiger partial charge in [-0.15, -0.1) is 0 Å². The fraction of sp³-hybridized carbons (Fsp3) is 0.435. The lowest BCUT2D eigenvalue weighted by Gasteiger charge is -2.38. The number of amides is 1. The minimum atomic E-state index is -3.79. The van der Waals surface area contributed by atoms with Crippen LogP contribution in [0.25, 0.3) is 0 Å². The van der Waals surface area contributed by atoms with E-state index in [9.17, 15) is 13.2 Å². The lowest BCUT2D eigenvalue weighted by molar-refractivity contribution is -0.120. The molecule has 10 heteroatoms. The zero-order valence-corrected chi connectivity index (χ0v) is 20.5. The number of sulfonamides is 1. The standard InChI is InChI=1S/C23H30N2O7S/c1-23(2)13-18(17-9-7-15(29-3)11-20(17)32-23)24-22(26)14-25(33(6,27)28)19-10-8-16(30-4)12-21(19)31-5/h7-12,18H,13-14H2,1-6H3,(H,24,26). The van der Waals surface area contributed by atoms with Crippen LogP contribution in [0.3, 0.4) is 0 Å². The molecule has 1 unspecified atom stereocenters. The van der Waals surface area contributed by atoms with E-state index in [1.165, 1.54) is 14.2 Å². The second kappa shape index (κ2) is 9.38. The third-order valence-electron chi connectivity index (χ3n) is 5.36. The van der Waals surface area contributed by atoms with E-state index in [0.717, 1.165) is 16.1 Å². The average Bonchev–Trinajstić information content (AvgIpc) is 2.75. The van der Waals surface area contributed by atoms with Crippen molar-refractivity contribution in [3.63, 3.8) is 0 Å². The summed E-state index contributed by atoms with van der Waals surface area (Å²) in [4.78, 5) is 13.1. The maximum absolute atomic E-state index is 13.1. The van der Waals surface area contributed by atoms with Crippen molar-refractivity contribution in [2.75, 3.05) is 38.4 Å². The van der Waals surface area contributed by atoms with Crippen LogP contribution >= 0.6 is 0 Å². The molecule has 0 aliphatic carbocycles. The maximum Gasteiger partial charge on any atom is 0.241 e. The van der Waals surface area contributed by atoms with E-state index < -0.39 is 28.1 Å². The molecule has 2 aromatic rings. The second-order valence-corrected chi connectivity index (χ2v) is 10.3. The molecule has 0 saturated heterocycles. The molecule has 0 saturated carbocycles. The molecule has 180 valence electrons. The monoisotopic (exact) mass is 478 g/mol. The zero-order chi connectivity index (χ0) is 24.4. The normalized spacial score (nSPS) is 16.7. The predicted molar refractivity (Wildman–Crippen MR) is 125 cm³/mol. The van der Waals surface area contributed by atoms with E-state index in [-0.39, 0.29) is 17.5 Å². The lowest BCUT2D eigenvalue weighted by Crippen LogP contribution is -2.45. The van der Waals surface area contributed by atoms with Gasteiger partial charge in [0.1, 0.15) is 35.1 Å². The van der Waals surface area contributed by atoms with Gasteiger partial charge in [-0.2, -0.15) is 0 Å². The first-order valence-electron chi connectivity index (χ1n) is 10.3. The van der Waals surface area contributed by atoms with E-state index in [2.05, 4.69) is 5.32 Å². The lowest BCUT2D eigenvalue weighted by atomic mass is 9.89. The summed E-state index contributed by atoms with van der Waals surface area (Å²) in [6.07, 6.45) is 1.56. The van der Waals surface area contributed by atoms with Crippen LogP contribution in [0, 0.1) is 0 Å². The number of anilines is 1. The van der Waals surface area contributed by atoms with Crippen molar-refractivity contribution in [3.05, 3.63) is 42.0 Å². The third kappa shape index (κ3) is 5.62. The molecule has 1 aliphatic heterocycles. The quantitative estimate of drug-likeness (QED) is 0.622. The number of ether oxygens (including phenoxy) is 4. The topological polar surface area (TPSA) is 103 Å². The molecule has 33 heavy (non-hydrogen) atoms. The Balaban J connectivity index is 1.88. The molecular weight excluding hydrogens is 448 g/mol. The Morgan fingerprint density at radius 2 is 1.73 bits per heavy atom.